The van der Waals surface area contributed by atoms with Gasteiger partial charge in [0, 0.05) is 0 Å². The summed E-state index contributed by atoms with van der Waals surface area (Å²) in [5.41, 5.74) is 0.126. The van der Waals surface area contributed by atoms with Gasteiger partial charge in [0.2, 0.25) is 0 Å². The number of nitrogens with one attached hydrogen (secondary N) is 1. The number of esters is 1. The van der Waals surface area contributed by atoms with Gasteiger partial charge < -0.3 is 29.0 Å². The first-order valence-electron chi connectivity index (χ1n) is 8.65. The van der Waals surface area contributed by atoms with Crippen molar-refractivity contribution in [3.05, 3.63) is 48.0 Å². The van der Waals surface area contributed by atoms with Gasteiger partial charge in [-0.05, 0) is 24.3 Å². The zero-order valence-corrected chi connectivity index (χ0v) is 15.6. The predicted octanol–water partition coefficient (Wildman–Crippen LogP) is 1.82. The van der Waals surface area contributed by atoms with E-state index in [2.05, 4.69) is 5.32 Å². The summed E-state index contributed by atoms with van der Waals surface area (Å²) in [6.45, 7) is 0.0996. The summed E-state index contributed by atoms with van der Waals surface area (Å²) in [6.07, 6.45) is -0.330. The molecule has 1 N–H and O–H groups in total. The number of amides is 1. The lowest BCUT2D eigenvalue weighted by Crippen LogP contribution is -2.42. The molecule has 0 saturated carbocycles. The molecular formula is C20H21NO7. The average Bonchev–Trinajstić information content (AvgIpc) is 2.75. The molecule has 1 atom stereocenters. The molecule has 1 amide bonds. The first-order chi connectivity index (χ1) is 13.6. The van der Waals surface area contributed by atoms with Gasteiger partial charge in [-0.1, -0.05) is 18.2 Å². The molecule has 2 aromatic rings. The zero-order chi connectivity index (χ0) is 19.9. The SMILES string of the molecule is COc1cccc(OC)c1C(=O)OCC(=O)NC[C@@H]1COc2ccccc2O1. The maximum atomic E-state index is 12.3. The number of fused-ring (bicyclic) bond motifs is 1. The van der Waals surface area contributed by atoms with Crippen LogP contribution >= 0.6 is 0 Å². The summed E-state index contributed by atoms with van der Waals surface area (Å²) in [7, 11) is 2.87. The van der Waals surface area contributed by atoms with E-state index in [9.17, 15) is 9.59 Å². The summed E-state index contributed by atoms with van der Waals surface area (Å²) in [5.74, 6) is 0.736. The van der Waals surface area contributed by atoms with Gasteiger partial charge in [-0.15, -0.1) is 0 Å². The third-order valence-electron chi connectivity index (χ3n) is 4.06. The Hall–Kier alpha value is -3.42. The van der Waals surface area contributed by atoms with E-state index < -0.39 is 18.5 Å². The Balaban J connectivity index is 1.49. The van der Waals surface area contributed by atoms with Crippen molar-refractivity contribution in [2.75, 3.05) is 34.0 Å². The molecule has 0 unspecified atom stereocenters. The van der Waals surface area contributed by atoms with Crippen molar-refractivity contribution in [3.8, 4) is 23.0 Å². The quantitative estimate of drug-likeness (QED) is 0.725. The topological polar surface area (TPSA) is 92.3 Å². The molecule has 1 aliphatic rings. The molecular weight excluding hydrogens is 366 g/mol. The largest absolute Gasteiger partial charge is 0.496 e. The second kappa shape index (κ2) is 8.98. The van der Waals surface area contributed by atoms with Crippen LogP contribution in [0, 0.1) is 0 Å². The minimum atomic E-state index is -0.712. The van der Waals surface area contributed by atoms with Gasteiger partial charge in [-0.25, -0.2) is 4.79 Å². The number of methoxy groups -OCH3 is 2. The van der Waals surface area contributed by atoms with Crippen LogP contribution in [-0.2, 0) is 9.53 Å². The maximum Gasteiger partial charge on any atom is 0.346 e. The van der Waals surface area contributed by atoms with Gasteiger partial charge in [0.15, 0.2) is 18.1 Å². The summed E-state index contributed by atoms with van der Waals surface area (Å²) in [6, 6.07) is 12.2. The number of ether oxygens (including phenoxy) is 5. The van der Waals surface area contributed by atoms with Gasteiger partial charge in [0.1, 0.15) is 29.8 Å². The predicted molar refractivity (Wildman–Crippen MR) is 99.2 cm³/mol. The fourth-order valence-electron chi connectivity index (χ4n) is 2.70. The van der Waals surface area contributed by atoms with E-state index in [1.165, 1.54) is 14.2 Å². The van der Waals surface area contributed by atoms with Crippen LogP contribution in [0.15, 0.2) is 42.5 Å². The molecule has 0 bridgehead atoms. The fourth-order valence-corrected chi connectivity index (χ4v) is 2.70. The standard InChI is InChI=1S/C20H21NO7/c1-24-16-8-5-9-17(25-2)19(16)20(23)27-12-18(22)21-10-13-11-26-14-6-3-4-7-15(14)28-13/h3-9,13H,10-12H2,1-2H3,(H,21,22)/t13-/m1/s1. The van der Waals surface area contributed by atoms with Crippen molar-refractivity contribution in [1.29, 1.82) is 0 Å². The third-order valence-corrected chi connectivity index (χ3v) is 4.06. The normalized spacial score (nSPS) is 14.7. The molecule has 8 nitrogen and oxygen atoms in total. The lowest BCUT2D eigenvalue weighted by Gasteiger charge is -2.26. The van der Waals surface area contributed by atoms with Crippen LogP contribution in [-0.4, -0.2) is 52.0 Å². The number of carbonyl (C=O) groups is 2. The molecule has 8 heteroatoms. The van der Waals surface area contributed by atoms with E-state index in [0.29, 0.717) is 29.6 Å². The number of rotatable bonds is 7. The number of para-hydroxylation sites is 2. The highest BCUT2D eigenvalue weighted by Gasteiger charge is 2.23. The minimum absolute atomic E-state index is 0.126. The maximum absolute atomic E-state index is 12.3. The molecule has 28 heavy (non-hydrogen) atoms. The van der Waals surface area contributed by atoms with Crippen molar-refractivity contribution in [3.63, 3.8) is 0 Å². The number of hydrogen-bond donors (Lipinski definition) is 1. The lowest BCUT2D eigenvalue weighted by atomic mass is 10.2. The Kier molecular flexibility index (Phi) is 6.21. The van der Waals surface area contributed by atoms with Crippen LogP contribution < -0.4 is 24.3 Å². The number of benzene rings is 2. The van der Waals surface area contributed by atoms with Crippen LogP contribution in [0.25, 0.3) is 0 Å². The number of carbonyl (C=O) groups excluding carboxylic acids is 2. The van der Waals surface area contributed by atoms with Crippen molar-refractivity contribution in [1.82, 2.24) is 5.32 Å². The molecule has 1 heterocycles. The molecule has 0 aromatic heterocycles. The van der Waals surface area contributed by atoms with Crippen LogP contribution in [0.5, 0.6) is 23.0 Å². The highest BCUT2D eigenvalue weighted by molar-refractivity contribution is 5.96. The molecule has 3 rings (SSSR count). The van der Waals surface area contributed by atoms with Crippen LogP contribution in [0.1, 0.15) is 10.4 Å². The van der Waals surface area contributed by atoms with E-state index in [4.69, 9.17) is 23.7 Å². The Morgan fingerprint density at radius 2 is 1.71 bits per heavy atom. The Bertz CT molecular complexity index is 830. The van der Waals surface area contributed by atoms with Crippen molar-refractivity contribution in [2.24, 2.45) is 0 Å². The van der Waals surface area contributed by atoms with E-state index in [-0.39, 0.29) is 18.2 Å². The van der Waals surface area contributed by atoms with Crippen LogP contribution in [0.4, 0.5) is 0 Å². The zero-order valence-electron chi connectivity index (χ0n) is 15.6. The molecule has 0 aliphatic carbocycles. The number of hydrogen-bond acceptors (Lipinski definition) is 7. The van der Waals surface area contributed by atoms with Gasteiger partial charge in [0.25, 0.3) is 5.91 Å². The Labute approximate surface area is 162 Å². The molecule has 0 radical (unpaired) electrons. The van der Waals surface area contributed by atoms with Gasteiger partial charge >= 0.3 is 5.97 Å². The van der Waals surface area contributed by atoms with E-state index >= 15 is 0 Å². The van der Waals surface area contributed by atoms with E-state index in [0.717, 1.165) is 0 Å². The van der Waals surface area contributed by atoms with Gasteiger partial charge in [-0.3, -0.25) is 4.79 Å². The highest BCUT2D eigenvalue weighted by atomic mass is 16.6. The van der Waals surface area contributed by atoms with Crippen molar-refractivity contribution in [2.45, 2.75) is 6.10 Å². The Morgan fingerprint density at radius 1 is 1.04 bits per heavy atom. The molecule has 0 fully saturated rings. The van der Waals surface area contributed by atoms with Crippen LogP contribution in [0.2, 0.25) is 0 Å². The van der Waals surface area contributed by atoms with Crippen LogP contribution in [0.3, 0.4) is 0 Å². The first kappa shape index (κ1) is 19.3. The smallest absolute Gasteiger partial charge is 0.346 e. The highest BCUT2D eigenvalue weighted by Crippen LogP contribution is 2.31. The molecule has 0 saturated heterocycles. The van der Waals surface area contributed by atoms with Gasteiger partial charge in [-0.2, -0.15) is 0 Å². The third kappa shape index (κ3) is 4.46. The molecule has 1 aliphatic heterocycles. The van der Waals surface area contributed by atoms with Crippen molar-refractivity contribution >= 4 is 11.9 Å². The first-order valence-corrected chi connectivity index (χ1v) is 8.65. The monoisotopic (exact) mass is 387 g/mol. The summed E-state index contributed by atoms with van der Waals surface area (Å²) < 4.78 is 26.8. The second-order valence-corrected chi connectivity index (χ2v) is 5.92. The summed E-state index contributed by atoms with van der Waals surface area (Å²) in [5, 5.41) is 2.66. The van der Waals surface area contributed by atoms with Gasteiger partial charge in [0.05, 0.1) is 20.8 Å². The lowest BCUT2D eigenvalue weighted by molar-refractivity contribution is -0.124. The van der Waals surface area contributed by atoms with E-state index in [1.54, 1.807) is 24.3 Å². The second-order valence-electron chi connectivity index (χ2n) is 5.92. The minimum Gasteiger partial charge on any atom is -0.496 e. The molecule has 2 aromatic carbocycles. The fraction of sp³-hybridized carbons (Fsp3) is 0.300. The summed E-state index contributed by atoms with van der Waals surface area (Å²) >= 11 is 0. The average molecular weight is 387 g/mol. The molecule has 148 valence electrons. The van der Waals surface area contributed by atoms with Crippen molar-refractivity contribution < 1.29 is 33.3 Å². The van der Waals surface area contributed by atoms with E-state index in [1.807, 2.05) is 18.2 Å². The molecule has 0 spiro atoms. The Morgan fingerprint density at radius 3 is 2.39 bits per heavy atom. The summed E-state index contributed by atoms with van der Waals surface area (Å²) in [4.78, 5) is 24.4.